The second kappa shape index (κ2) is 10.6. The maximum absolute atomic E-state index is 12.7. The standard InChI is InChI=1S/C25H32N2O4/c1-2-12-30-22-6-3-5-19(17-22)20-8-9-24-21(16-20)18-27-11-4-7-23(27)25(28)26-10-13-29-14-15-31-24/h3,5-6,8-9,16-17,23H,2,4,7,10-15,18H2,1H3,(H,26,28)/t23-/m0/s1. The lowest BCUT2D eigenvalue weighted by atomic mass is 10.0. The molecule has 2 aliphatic heterocycles. The highest BCUT2D eigenvalue weighted by Crippen LogP contribution is 2.31. The summed E-state index contributed by atoms with van der Waals surface area (Å²) in [5.74, 6) is 1.84. The molecule has 1 fully saturated rings. The SMILES string of the molecule is CCCOc1cccc(-c2ccc3c(c2)CN2CCC[C@H]2C(=O)NCCOCCO3)c1. The quantitative estimate of drug-likeness (QED) is 0.812. The molecule has 0 aromatic heterocycles. The van der Waals surface area contributed by atoms with E-state index in [-0.39, 0.29) is 11.9 Å². The van der Waals surface area contributed by atoms with Gasteiger partial charge in [0.15, 0.2) is 0 Å². The van der Waals surface area contributed by atoms with Crippen LogP contribution in [0.15, 0.2) is 42.5 Å². The van der Waals surface area contributed by atoms with Crippen LogP contribution in [0.25, 0.3) is 11.1 Å². The summed E-state index contributed by atoms with van der Waals surface area (Å²) < 4.78 is 17.5. The van der Waals surface area contributed by atoms with E-state index in [4.69, 9.17) is 14.2 Å². The van der Waals surface area contributed by atoms with Crippen molar-refractivity contribution in [3.05, 3.63) is 48.0 Å². The average molecular weight is 425 g/mol. The van der Waals surface area contributed by atoms with E-state index in [1.165, 1.54) is 0 Å². The van der Waals surface area contributed by atoms with Crippen LogP contribution in [-0.4, -0.2) is 56.4 Å². The fourth-order valence-corrected chi connectivity index (χ4v) is 4.22. The van der Waals surface area contributed by atoms with Gasteiger partial charge in [0, 0.05) is 18.7 Å². The van der Waals surface area contributed by atoms with Crippen molar-refractivity contribution in [3.63, 3.8) is 0 Å². The summed E-state index contributed by atoms with van der Waals surface area (Å²) in [6.45, 7) is 6.45. The van der Waals surface area contributed by atoms with Crippen molar-refractivity contribution in [1.82, 2.24) is 10.2 Å². The largest absolute Gasteiger partial charge is 0.494 e. The molecule has 0 unspecified atom stereocenters. The van der Waals surface area contributed by atoms with Crippen molar-refractivity contribution in [2.24, 2.45) is 0 Å². The van der Waals surface area contributed by atoms with Gasteiger partial charge in [-0.3, -0.25) is 9.69 Å². The molecule has 6 nitrogen and oxygen atoms in total. The Hall–Kier alpha value is -2.57. The first-order valence-corrected chi connectivity index (χ1v) is 11.3. The summed E-state index contributed by atoms with van der Waals surface area (Å²) in [6, 6.07) is 14.4. The zero-order chi connectivity index (χ0) is 21.5. The molecule has 1 saturated heterocycles. The highest BCUT2D eigenvalue weighted by Gasteiger charge is 2.31. The number of nitrogens with one attached hydrogen (secondary N) is 1. The molecule has 0 bridgehead atoms. The van der Waals surface area contributed by atoms with Crippen molar-refractivity contribution in [2.75, 3.05) is 39.5 Å². The van der Waals surface area contributed by atoms with Gasteiger partial charge in [0.2, 0.25) is 5.91 Å². The van der Waals surface area contributed by atoms with Crippen LogP contribution in [0.2, 0.25) is 0 Å². The number of ether oxygens (including phenoxy) is 3. The molecule has 0 saturated carbocycles. The second-order valence-corrected chi connectivity index (χ2v) is 8.08. The molecular formula is C25H32N2O4. The topological polar surface area (TPSA) is 60.0 Å². The summed E-state index contributed by atoms with van der Waals surface area (Å²) >= 11 is 0. The molecule has 0 spiro atoms. The Labute approximate surface area is 184 Å². The smallest absolute Gasteiger partial charge is 0.237 e. The zero-order valence-corrected chi connectivity index (χ0v) is 18.3. The Morgan fingerprint density at radius 1 is 1.13 bits per heavy atom. The molecule has 0 radical (unpaired) electrons. The maximum atomic E-state index is 12.7. The zero-order valence-electron chi connectivity index (χ0n) is 18.3. The summed E-state index contributed by atoms with van der Waals surface area (Å²) in [5, 5.41) is 3.02. The Bertz CT molecular complexity index is 886. The number of benzene rings is 2. The first kappa shape index (κ1) is 21.7. The Morgan fingerprint density at radius 2 is 2.03 bits per heavy atom. The molecule has 4 rings (SSSR count). The van der Waals surface area contributed by atoms with E-state index in [0.29, 0.717) is 39.5 Å². The third-order valence-corrected chi connectivity index (χ3v) is 5.77. The lowest BCUT2D eigenvalue weighted by Crippen LogP contribution is -2.43. The minimum Gasteiger partial charge on any atom is -0.494 e. The van der Waals surface area contributed by atoms with Gasteiger partial charge in [-0.2, -0.15) is 0 Å². The molecule has 2 aromatic rings. The number of rotatable bonds is 4. The predicted octanol–water partition coefficient (Wildman–Crippen LogP) is 3.63. The van der Waals surface area contributed by atoms with E-state index < -0.39 is 0 Å². The second-order valence-electron chi connectivity index (χ2n) is 8.08. The van der Waals surface area contributed by atoms with Gasteiger partial charge in [0.1, 0.15) is 18.1 Å². The fourth-order valence-electron chi connectivity index (χ4n) is 4.22. The van der Waals surface area contributed by atoms with Crippen LogP contribution in [0, 0.1) is 0 Å². The lowest BCUT2D eigenvalue weighted by Gasteiger charge is -2.25. The molecule has 2 aromatic carbocycles. The third kappa shape index (κ3) is 5.57. The van der Waals surface area contributed by atoms with Gasteiger partial charge in [-0.15, -0.1) is 0 Å². The molecular weight excluding hydrogens is 392 g/mol. The molecule has 6 heteroatoms. The highest BCUT2D eigenvalue weighted by molar-refractivity contribution is 5.82. The predicted molar refractivity (Wildman–Crippen MR) is 120 cm³/mol. The average Bonchev–Trinajstić information content (AvgIpc) is 3.25. The first-order valence-electron chi connectivity index (χ1n) is 11.3. The fraction of sp³-hybridized carbons (Fsp3) is 0.480. The Kier molecular flexibility index (Phi) is 7.43. The van der Waals surface area contributed by atoms with Gasteiger partial charge in [-0.25, -0.2) is 0 Å². The van der Waals surface area contributed by atoms with Gasteiger partial charge in [-0.1, -0.05) is 25.1 Å². The van der Waals surface area contributed by atoms with E-state index in [2.05, 4.69) is 41.4 Å². The molecule has 2 aliphatic rings. The number of carbonyl (C=O) groups excluding carboxylic acids is 1. The molecule has 0 aliphatic carbocycles. The van der Waals surface area contributed by atoms with Crippen molar-refractivity contribution < 1.29 is 19.0 Å². The van der Waals surface area contributed by atoms with E-state index >= 15 is 0 Å². The first-order chi connectivity index (χ1) is 15.2. The number of hydrogen-bond donors (Lipinski definition) is 1. The van der Waals surface area contributed by atoms with Gasteiger partial charge >= 0.3 is 0 Å². The highest BCUT2D eigenvalue weighted by atomic mass is 16.5. The van der Waals surface area contributed by atoms with Gasteiger partial charge in [0.05, 0.1) is 25.9 Å². The van der Waals surface area contributed by atoms with E-state index in [0.717, 1.165) is 54.0 Å². The van der Waals surface area contributed by atoms with Crippen molar-refractivity contribution >= 4 is 5.91 Å². The number of carbonyl (C=O) groups is 1. The summed E-state index contributed by atoms with van der Waals surface area (Å²) in [7, 11) is 0. The van der Waals surface area contributed by atoms with E-state index in [1.54, 1.807) is 0 Å². The maximum Gasteiger partial charge on any atom is 0.237 e. The molecule has 1 amide bonds. The summed E-state index contributed by atoms with van der Waals surface area (Å²) in [4.78, 5) is 14.9. The van der Waals surface area contributed by atoms with Gasteiger partial charge in [0.25, 0.3) is 0 Å². The number of nitrogens with zero attached hydrogens (tertiary/aromatic N) is 1. The summed E-state index contributed by atoms with van der Waals surface area (Å²) in [5.41, 5.74) is 3.32. The Balaban J connectivity index is 1.62. The molecule has 31 heavy (non-hydrogen) atoms. The number of amides is 1. The van der Waals surface area contributed by atoms with Crippen LogP contribution in [-0.2, 0) is 16.1 Å². The minimum absolute atomic E-state index is 0.0944. The van der Waals surface area contributed by atoms with Crippen LogP contribution in [0.5, 0.6) is 11.5 Å². The van der Waals surface area contributed by atoms with Crippen molar-refractivity contribution in [1.29, 1.82) is 0 Å². The normalized spacial score (nSPS) is 20.3. The van der Waals surface area contributed by atoms with Gasteiger partial charge < -0.3 is 19.5 Å². The molecule has 166 valence electrons. The van der Waals surface area contributed by atoms with Crippen molar-refractivity contribution in [3.8, 4) is 22.6 Å². The van der Waals surface area contributed by atoms with E-state index in [9.17, 15) is 4.79 Å². The lowest BCUT2D eigenvalue weighted by molar-refractivity contribution is -0.125. The molecule has 1 N–H and O–H groups in total. The third-order valence-electron chi connectivity index (χ3n) is 5.77. The minimum atomic E-state index is -0.0944. The molecule has 2 heterocycles. The monoisotopic (exact) mass is 424 g/mol. The van der Waals surface area contributed by atoms with Crippen molar-refractivity contribution in [2.45, 2.75) is 38.8 Å². The van der Waals surface area contributed by atoms with E-state index in [1.807, 2.05) is 18.2 Å². The molecule has 1 atom stereocenters. The summed E-state index contributed by atoms with van der Waals surface area (Å²) in [6.07, 6.45) is 2.90. The Morgan fingerprint density at radius 3 is 2.94 bits per heavy atom. The van der Waals surface area contributed by atoms with Crippen LogP contribution < -0.4 is 14.8 Å². The van der Waals surface area contributed by atoms with Crippen LogP contribution in [0.4, 0.5) is 0 Å². The van der Waals surface area contributed by atoms with Crippen LogP contribution in [0.3, 0.4) is 0 Å². The number of hydrogen-bond acceptors (Lipinski definition) is 5. The number of fused-ring (bicyclic) bond motifs is 2. The van der Waals surface area contributed by atoms with Crippen LogP contribution >= 0.6 is 0 Å². The van der Waals surface area contributed by atoms with Crippen LogP contribution in [0.1, 0.15) is 31.7 Å². The van der Waals surface area contributed by atoms with Gasteiger partial charge in [-0.05, 0) is 61.2 Å².